The van der Waals surface area contributed by atoms with Crippen molar-refractivity contribution in [2.24, 2.45) is 7.05 Å². The predicted octanol–water partition coefficient (Wildman–Crippen LogP) is 4.69. The molecule has 0 N–H and O–H groups in total. The van der Waals surface area contributed by atoms with Crippen LogP contribution in [0.5, 0.6) is 5.75 Å². The van der Waals surface area contributed by atoms with Crippen molar-refractivity contribution in [3.8, 4) is 5.75 Å². The molecule has 0 radical (unpaired) electrons. The van der Waals surface area contributed by atoms with Crippen molar-refractivity contribution in [1.29, 1.82) is 0 Å². The van der Waals surface area contributed by atoms with Crippen LogP contribution in [0.1, 0.15) is 30.0 Å². The molecule has 2 aromatic carbocycles. The number of ether oxygens (including phenoxy) is 1. The second kappa shape index (κ2) is 7.70. The van der Waals surface area contributed by atoms with Crippen LogP contribution < -0.4 is 4.74 Å². The van der Waals surface area contributed by atoms with Crippen LogP contribution in [0.25, 0.3) is 0 Å². The van der Waals surface area contributed by atoms with Gasteiger partial charge in [-0.05, 0) is 43.2 Å². The van der Waals surface area contributed by atoms with E-state index in [0.717, 1.165) is 27.9 Å². The Balaban J connectivity index is 1.69. The van der Waals surface area contributed by atoms with E-state index in [-0.39, 0.29) is 11.9 Å². The van der Waals surface area contributed by atoms with Crippen LogP contribution in [0.15, 0.2) is 53.7 Å². The van der Waals surface area contributed by atoms with Crippen molar-refractivity contribution in [1.82, 2.24) is 14.8 Å². The van der Waals surface area contributed by atoms with E-state index < -0.39 is 0 Å². The molecule has 1 unspecified atom stereocenters. The van der Waals surface area contributed by atoms with Gasteiger partial charge in [0.05, 0.1) is 0 Å². The number of aryl methyl sites for hydroxylation is 1. The van der Waals surface area contributed by atoms with Gasteiger partial charge in [0, 0.05) is 12.8 Å². The molecule has 1 heterocycles. The Bertz CT molecular complexity index is 865. The molecule has 0 bridgehead atoms. The molecule has 0 fully saturated rings. The zero-order valence-corrected chi connectivity index (χ0v) is 15.3. The second-order valence-corrected chi connectivity index (χ2v) is 6.79. The number of thioether (sulfide) groups is 1. The molecular formula is C19H20FN3OS. The lowest BCUT2D eigenvalue weighted by Crippen LogP contribution is -2.10. The van der Waals surface area contributed by atoms with Gasteiger partial charge in [-0.1, -0.05) is 42.1 Å². The first-order valence-electron chi connectivity index (χ1n) is 8.03. The molecule has 0 saturated carbocycles. The third kappa shape index (κ3) is 4.20. The molecule has 0 aliphatic rings. The van der Waals surface area contributed by atoms with Gasteiger partial charge in [-0.25, -0.2) is 4.39 Å². The molecule has 1 atom stereocenters. The molecule has 0 spiro atoms. The fourth-order valence-corrected chi connectivity index (χ4v) is 3.37. The summed E-state index contributed by atoms with van der Waals surface area (Å²) in [5.74, 6) is 2.01. The van der Waals surface area contributed by atoms with Gasteiger partial charge in [0.15, 0.2) is 17.1 Å². The molecule has 0 aliphatic carbocycles. The predicted molar refractivity (Wildman–Crippen MR) is 97.2 cm³/mol. The molecule has 3 aromatic rings. The van der Waals surface area contributed by atoms with Gasteiger partial charge in [0.25, 0.3) is 0 Å². The highest BCUT2D eigenvalue weighted by molar-refractivity contribution is 7.98. The Morgan fingerprint density at radius 3 is 2.72 bits per heavy atom. The number of para-hydroxylation sites is 1. The zero-order valence-electron chi connectivity index (χ0n) is 14.4. The number of rotatable bonds is 6. The second-order valence-electron chi connectivity index (χ2n) is 5.84. The summed E-state index contributed by atoms with van der Waals surface area (Å²) in [6.45, 7) is 3.97. The number of nitrogens with zero attached hydrogens (tertiary/aromatic N) is 3. The fourth-order valence-electron chi connectivity index (χ4n) is 2.51. The molecule has 3 rings (SSSR count). The van der Waals surface area contributed by atoms with Gasteiger partial charge in [-0.2, -0.15) is 0 Å². The molecule has 130 valence electrons. The highest BCUT2D eigenvalue weighted by atomic mass is 32.2. The largest absolute Gasteiger partial charge is 0.482 e. The summed E-state index contributed by atoms with van der Waals surface area (Å²) in [6, 6.07) is 14.5. The Labute approximate surface area is 151 Å². The lowest BCUT2D eigenvalue weighted by Gasteiger charge is -2.15. The van der Waals surface area contributed by atoms with Crippen molar-refractivity contribution in [2.45, 2.75) is 30.9 Å². The van der Waals surface area contributed by atoms with Crippen LogP contribution in [0.3, 0.4) is 0 Å². The average Bonchev–Trinajstić information content (AvgIpc) is 2.96. The first-order valence-corrected chi connectivity index (χ1v) is 9.02. The maximum Gasteiger partial charge on any atom is 0.191 e. The maximum atomic E-state index is 13.3. The first kappa shape index (κ1) is 17.5. The Kier molecular flexibility index (Phi) is 5.38. The molecule has 6 heteroatoms. The summed E-state index contributed by atoms with van der Waals surface area (Å²) in [5.41, 5.74) is 2.00. The molecule has 4 nitrogen and oxygen atoms in total. The normalized spacial score (nSPS) is 12.2. The van der Waals surface area contributed by atoms with E-state index in [1.807, 2.05) is 55.8 Å². The van der Waals surface area contributed by atoms with Gasteiger partial charge in [-0.15, -0.1) is 10.2 Å². The molecule has 0 amide bonds. The summed E-state index contributed by atoms with van der Waals surface area (Å²) >= 11 is 1.52. The first-order chi connectivity index (χ1) is 12.0. The van der Waals surface area contributed by atoms with E-state index in [0.29, 0.717) is 5.75 Å². The van der Waals surface area contributed by atoms with E-state index in [9.17, 15) is 4.39 Å². The highest BCUT2D eigenvalue weighted by Crippen LogP contribution is 2.27. The monoisotopic (exact) mass is 357 g/mol. The minimum atomic E-state index is -0.225. The Hall–Kier alpha value is -2.34. The minimum absolute atomic E-state index is 0.220. The molecule has 25 heavy (non-hydrogen) atoms. The SMILES string of the molecule is Cc1ccccc1OC(C)c1nnc(SCc2cccc(F)c2)n1C. The van der Waals surface area contributed by atoms with Crippen molar-refractivity contribution in [3.63, 3.8) is 0 Å². The van der Waals surface area contributed by atoms with Crippen LogP contribution in [0.4, 0.5) is 4.39 Å². The summed E-state index contributed by atoms with van der Waals surface area (Å²) in [4.78, 5) is 0. The highest BCUT2D eigenvalue weighted by Gasteiger charge is 2.18. The third-order valence-corrected chi connectivity index (χ3v) is 4.98. The molecule has 0 aliphatic heterocycles. The molecule has 1 aromatic heterocycles. The lowest BCUT2D eigenvalue weighted by atomic mass is 10.2. The summed E-state index contributed by atoms with van der Waals surface area (Å²) in [7, 11) is 1.92. The number of halogens is 1. The van der Waals surface area contributed by atoms with Crippen molar-refractivity contribution in [2.75, 3.05) is 0 Å². The number of benzene rings is 2. The van der Waals surface area contributed by atoms with E-state index in [1.165, 1.54) is 23.9 Å². The van der Waals surface area contributed by atoms with Gasteiger partial charge >= 0.3 is 0 Å². The molecule has 0 saturated heterocycles. The van der Waals surface area contributed by atoms with Crippen LogP contribution in [0, 0.1) is 12.7 Å². The minimum Gasteiger partial charge on any atom is -0.482 e. The smallest absolute Gasteiger partial charge is 0.191 e. The van der Waals surface area contributed by atoms with Gasteiger partial charge < -0.3 is 9.30 Å². The van der Waals surface area contributed by atoms with Crippen molar-refractivity contribution >= 4 is 11.8 Å². The van der Waals surface area contributed by atoms with E-state index in [1.54, 1.807) is 6.07 Å². The average molecular weight is 357 g/mol. The lowest BCUT2D eigenvalue weighted by molar-refractivity contribution is 0.210. The number of hydrogen-bond donors (Lipinski definition) is 0. The van der Waals surface area contributed by atoms with Gasteiger partial charge in [-0.3, -0.25) is 0 Å². The number of hydrogen-bond acceptors (Lipinski definition) is 4. The Morgan fingerprint density at radius 2 is 1.96 bits per heavy atom. The maximum absolute atomic E-state index is 13.3. The van der Waals surface area contributed by atoms with E-state index >= 15 is 0 Å². The van der Waals surface area contributed by atoms with E-state index in [2.05, 4.69) is 10.2 Å². The number of aromatic nitrogens is 3. The van der Waals surface area contributed by atoms with Crippen LogP contribution in [0.2, 0.25) is 0 Å². The summed E-state index contributed by atoms with van der Waals surface area (Å²) in [6.07, 6.45) is -0.220. The Morgan fingerprint density at radius 1 is 1.16 bits per heavy atom. The fraction of sp³-hybridized carbons (Fsp3) is 0.263. The van der Waals surface area contributed by atoms with Gasteiger partial charge in [0.1, 0.15) is 11.6 Å². The van der Waals surface area contributed by atoms with Crippen molar-refractivity contribution in [3.05, 3.63) is 71.3 Å². The van der Waals surface area contributed by atoms with Crippen LogP contribution in [-0.2, 0) is 12.8 Å². The van der Waals surface area contributed by atoms with Gasteiger partial charge in [0.2, 0.25) is 0 Å². The van der Waals surface area contributed by atoms with Crippen molar-refractivity contribution < 1.29 is 9.13 Å². The quantitative estimate of drug-likeness (QED) is 0.600. The van der Waals surface area contributed by atoms with Crippen LogP contribution >= 0.6 is 11.8 Å². The zero-order chi connectivity index (χ0) is 17.8. The summed E-state index contributed by atoms with van der Waals surface area (Å²) < 4.78 is 21.2. The molecular weight excluding hydrogens is 337 g/mol. The third-order valence-electron chi connectivity index (χ3n) is 3.89. The van der Waals surface area contributed by atoms with E-state index in [4.69, 9.17) is 4.74 Å². The topological polar surface area (TPSA) is 39.9 Å². The summed E-state index contributed by atoms with van der Waals surface area (Å²) in [5, 5.41) is 9.28. The standard InChI is InChI=1S/C19H20FN3OS/c1-13-7-4-5-10-17(13)24-14(2)18-21-22-19(23(18)3)25-12-15-8-6-9-16(20)11-15/h4-11,14H,12H2,1-3H3. The van der Waals surface area contributed by atoms with Crippen LogP contribution in [-0.4, -0.2) is 14.8 Å².